The number of nitrogens with one attached hydrogen (secondary N) is 2. The quantitative estimate of drug-likeness (QED) is 0.780. The van der Waals surface area contributed by atoms with Crippen LogP contribution in [0.1, 0.15) is 41.7 Å². The van der Waals surface area contributed by atoms with E-state index in [-0.39, 0.29) is 11.7 Å². The van der Waals surface area contributed by atoms with Gasteiger partial charge in [0, 0.05) is 0 Å². The fourth-order valence-corrected chi connectivity index (χ4v) is 3.21. The largest absolute Gasteiger partial charge is 0.364 e. The van der Waals surface area contributed by atoms with Crippen LogP contribution in [0.5, 0.6) is 0 Å². The van der Waals surface area contributed by atoms with Crippen LogP contribution in [0.3, 0.4) is 0 Å². The van der Waals surface area contributed by atoms with E-state index in [9.17, 15) is 4.79 Å². The number of benzene rings is 1. The average molecular weight is 325 g/mol. The van der Waals surface area contributed by atoms with Crippen molar-refractivity contribution in [2.75, 3.05) is 10.6 Å². The van der Waals surface area contributed by atoms with Gasteiger partial charge in [0.05, 0.1) is 17.4 Å². The number of anilines is 2. The first-order chi connectivity index (χ1) is 11.6. The summed E-state index contributed by atoms with van der Waals surface area (Å²) < 4.78 is 1.58. The molecule has 0 radical (unpaired) electrons. The Morgan fingerprint density at radius 2 is 2.12 bits per heavy atom. The van der Waals surface area contributed by atoms with E-state index in [1.165, 1.54) is 12.8 Å². The summed E-state index contributed by atoms with van der Waals surface area (Å²) in [6.07, 6.45) is 4.55. The minimum Gasteiger partial charge on any atom is -0.364 e. The van der Waals surface area contributed by atoms with Crippen LogP contribution >= 0.6 is 0 Å². The van der Waals surface area contributed by atoms with Crippen molar-refractivity contribution < 1.29 is 4.79 Å². The van der Waals surface area contributed by atoms with Gasteiger partial charge in [0.2, 0.25) is 5.96 Å². The van der Waals surface area contributed by atoms with E-state index in [2.05, 4.69) is 20.9 Å². The summed E-state index contributed by atoms with van der Waals surface area (Å²) in [6.45, 7) is 2.02. The van der Waals surface area contributed by atoms with Crippen molar-refractivity contribution in [1.29, 1.82) is 0 Å². The third-order valence-electron chi connectivity index (χ3n) is 4.41. The maximum absolute atomic E-state index is 11.7. The molecular weight excluding hydrogens is 306 g/mol. The van der Waals surface area contributed by atoms with Crippen molar-refractivity contribution >= 4 is 23.4 Å². The SMILES string of the molecule is Cc1ccc2c(c1)NC(=NC1CCCC1)Nc1c(C(N)=O)nnn1-2. The Morgan fingerprint density at radius 3 is 2.88 bits per heavy atom. The summed E-state index contributed by atoms with van der Waals surface area (Å²) in [6, 6.07) is 6.21. The Kier molecular flexibility index (Phi) is 3.44. The minimum atomic E-state index is -0.625. The van der Waals surface area contributed by atoms with Crippen LogP contribution in [0.4, 0.5) is 11.5 Å². The molecule has 1 aromatic heterocycles. The molecule has 4 N–H and O–H groups in total. The molecule has 2 aromatic rings. The van der Waals surface area contributed by atoms with Gasteiger partial charge in [0.25, 0.3) is 5.91 Å². The maximum Gasteiger partial charge on any atom is 0.273 e. The lowest BCUT2D eigenvalue weighted by atomic mass is 10.2. The van der Waals surface area contributed by atoms with E-state index >= 15 is 0 Å². The third-order valence-corrected chi connectivity index (χ3v) is 4.41. The molecule has 0 spiro atoms. The predicted molar refractivity (Wildman–Crippen MR) is 91.6 cm³/mol. The Hall–Kier alpha value is -2.90. The molecule has 8 heteroatoms. The molecule has 0 bridgehead atoms. The van der Waals surface area contributed by atoms with E-state index in [1.807, 2.05) is 25.1 Å². The highest BCUT2D eigenvalue weighted by atomic mass is 16.1. The highest BCUT2D eigenvalue weighted by molar-refractivity contribution is 6.09. The van der Waals surface area contributed by atoms with Crippen molar-refractivity contribution in [1.82, 2.24) is 15.0 Å². The number of aromatic nitrogens is 3. The molecule has 1 amide bonds. The summed E-state index contributed by atoms with van der Waals surface area (Å²) in [5.41, 5.74) is 8.30. The van der Waals surface area contributed by atoms with Gasteiger partial charge < -0.3 is 16.4 Å². The molecule has 1 aliphatic carbocycles. The number of hydrogen-bond acceptors (Lipinski definition) is 4. The zero-order valence-corrected chi connectivity index (χ0v) is 13.4. The standard InChI is InChI=1S/C16H19N7O/c1-9-6-7-12-11(8-9)19-16(18-10-4-2-3-5-10)20-15-13(14(17)24)21-22-23(12)15/h6-8,10H,2-5H2,1H3,(H2,17,24)(H2,18,19,20). The van der Waals surface area contributed by atoms with Crippen LogP contribution in [0.25, 0.3) is 5.69 Å². The zero-order valence-electron chi connectivity index (χ0n) is 13.4. The van der Waals surface area contributed by atoms with Crippen LogP contribution in [0, 0.1) is 6.92 Å². The molecule has 1 saturated carbocycles. The summed E-state index contributed by atoms with van der Waals surface area (Å²) in [4.78, 5) is 16.4. The molecule has 124 valence electrons. The third kappa shape index (κ3) is 2.49. The van der Waals surface area contributed by atoms with E-state index in [0.29, 0.717) is 11.8 Å². The van der Waals surface area contributed by atoms with Crippen molar-refractivity contribution in [2.45, 2.75) is 38.6 Å². The number of guanidine groups is 1. The number of aliphatic imine (C=N–C) groups is 1. The van der Waals surface area contributed by atoms with Crippen LogP contribution in [-0.2, 0) is 0 Å². The molecule has 24 heavy (non-hydrogen) atoms. The summed E-state index contributed by atoms with van der Waals surface area (Å²) >= 11 is 0. The summed E-state index contributed by atoms with van der Waals surface area (Å²) in [5, 5.41) is 14.5. The fourth-order valence-electron chi connectivity index (χ4n) is 3.21. The number of nitrogens with zero attached hydrogens (tertiary/aromatic N) is 4. The van der Waals surface area contributed by atoms with Gasteiger partial charge in [-0.15, -0.1) is 5.10 Å². The molecule has 0 atom stereocenters. The molecule has 0 unspecified atom stereocenters. The molecule has 1 aliphatic heterocycles. The Bertz CT molecular complexity index is 833. The lowest BCUT2D eigenvalue weighted by Gasteiger charge is -2.12. The van der Waals surface area contributed by atoms with Gasteiger partial charge in [-0.25, -0.2) is 4.99 Å². The normalized spacial score (nSPS) is 18.5. The Labute approximate surface area is 139 Å². The fraction of sp³-hybridized carbons (Fsp3) is 0.375. The summed E-state index contributed by atoms with van der Waals surface area (Å²) in [5.74, 6) is 0.408. The van der Waals surface area contributed by atoms with Crippen molar-refractivity contribution in [2.24, 2.45) is 10.7 Å². The lowest BCUT2D eigenvalue weighted by Crippen LogP contribution is -2.25. The monoisotopic (exact) mass is 325 g/mol. The minimum absolute atomic E-state index is 0.101. The van der Waals surface area contributed by atoms with Gasteiger partial charge in [0.1, 0.15) is 0 Å². The zero-order chi connectivity index (χ0) is 16.7. The first-order valence-corrected chi connectivity index (χ1v) is 8.10. The number of aryl methyl sites for hydroxylation is 1. The molecule has 1 aromatic carbocycles. The molecule has 2 aliphatic rings. The molecule has 4 rings (SSSR count). The van der Waals surface area contributed by atoms with Gasteiger partial charge in [-0.3, -0.25) is 4.79 Å². The summed E-state index contributed by atoms with van der Waals surface area (Å²) in [7, 11) is 0. The predicted octanol–water partition coefficient (Wildman–Crippen LogP) is 1.81. The van der Waals surface area contributed by atoms with Crippen LogP contribution < -0.4 is 16.4 Å². The molecule has 2 heterocycles. The second-order valence-electron chi connectivity index (χ2n) is 6.25. The van der Waals surface area contributed by atoms with E-state index in [0.717, 1.165) is 29.8 Å². The van der Waals surface area contributed by atoms with Crippen molar-refractivity contribution in [3.63, 3.8) is 0 Å². The number of fused-ring (bicyclic) bond motifs is 3. The second-order valence-corrected chi connectivity index (χ2v) is 6.25. The number of primary amides is 1. The highest BCUT2D eigenvalue weighted by Crippen LogP contribution is 2.29. The van der Waals surface area contributed by atoms with Crippen LogP contribution in [0.15, 0.2) is 23.2 Å². The van der Waals surface area contributed by atoms with Gasteiger partial charge in [-0.05, 0) is 37.5 Å². The lowest BCUT2D eigenvalue weighted by molar-refractivity contribution is 0.0996. The van der Waals surface area contributed by atoms with Crippen molar-refractivity contribution in [3.05, 3.63) is 29.5 Å². The maximum atomic E-state index is 11.7. The average Bonchev–Trinajstić information content (AvgIpc) is 3.15. The van der Waals surface area contributed by atoms with Crippen LogP contribution in [-0.4, -0.2) is 32.9 Å². The number of carbonyl (C=O) groups is 1. The molecule has 8 nitrogen and oxygen atoms in total. The highest BCUT2D eigenvalue weighted by Gasteiger charge is 2.25. The number of hydrogen-bond donors (Lipinski definition) is 3. The van der Waals surface area contributed by atoms with E-state index in [4.69, 9.17) is 10.7 Å². The van der Waals surface area contributed by atoms with Gasteiger partial charge in [-0.2, -0.15) is 4.68 Å². The number of amides is 1. The van der Waals surface area contributed by atoms with Gasteiger partial charge in [-0.1, -0.05) is 24.1 Å². The first-order valence-electron chi connectivity index (χ1n) is 8.10. The molecular formula is C16H19N7O. The van der Waals surface area contributed by atoms with Gasteiger partial charge in [0.15, 0.2) is 11.5 Å². The Morgan fingerprint density at radius 1 is 1.33 bits per heavy atom. The molecule has 0 saturated heterocycles. The number of nitrogens with two attached hydrogens (primary N) is 1. The van der Waals surface area contributed by atoms with E-state index < -0.39 is 5.91 Å². The number of carbonyl (C=O) groups excluding carboxylic acids is 1. The first kappa shape index (κ1) is 14.7. The number of rotatable bonds is 2. The van der Waals surface area contributed by atoms with Crippen LogP contribution in [0.2, 0.25) is 0 Å². The Balaban J connectivity index is 1.85. The molecule has 1 fully saturated rings. The van der Waals surface area contributed by atoms with E-state index in [1.54, 1.807) is 4.68 Å². The second kappa shape index (κ2) is 5.63. The topological polar surface area (TPSA) is 110 Å². The van der Waals surface area contributed by atoms with Gasteiger partial charge >= 0.3 is 0 Å². The smallest absolute Gasteiger partial charge is 0.273 e. The van der Waals surface area contributed by atoms with Crippen molar-refractivity contribution in [3.8, 4) is 5.69 Å².